The topological polar surface area (TPSA) is 51.7 Å². The van der Waals surface area contributed by atoms with Gasteiger partial charge in [-0.15, -0.1) is 0 Å². The Morgan fingerprint density at radius 3 is 2.57 bits per heavy atom. The van der Waals surface area contributed by atoms with Crippen LogP contribution in [0.3, 0.4) is 0 Å². The lowest BCUT2D eigenvalue weighted by Crippen LogP contribution is -2.45. The van der Waals surface area contributed by atoms with E-state index in [-0.39, 0.29) is 5.54 Å². The lowest BCUT2D eigenvalue weighted by molar-refractivity contribution is 0.242. The Balaban J connectivity index is 1.75. The predicted molar refractivity (Wildman–Crippen MR) is 99.1 cm³/mol. The van der Waals surface area contributed by atoms with E-state index >= 15 is 0 Å². The van der Waals surface area contributed by atoms with Gasteiger partial charge in [-0.05, 0) is 47.0 Å². The third-order valence-corrected chi connectivity index (χ3v) is 4.78. The van der Waals surface area contributed by atoms with E-state index < -0.39 is 0 Å². The van der Waals surface area contributed by atoms with Crippen LogP contribution < -0.4 is 16.0 Å². The number of guanidine groups is 1. The first kappa shape index (κ1) is 18.5. The number of nitrogens with zero attached hydrogens (tertiary/aromatic N) is 2. The first-order chi connectivity index (χ1) is 11.0. The van der Waals surface area contributed by atoms with Gasteiger partial charge in [0.2, 0.25) is 0 Å². The molecule has 0 aromatic rings. The maximum absolute atomic E-state index is 4.72. The number of likely N-dealkylation sites (tertiary alicyclic amines) is 1. The van der Waals surface area contributed by atoms with Crippen LogP contribution in [0.5, 0.6) is 0 Å². The van der Waals surface area contributed by atoms with E-state index in [0.717, 1.165) is 31.6 Å². The second kappa shape index (κ2) is 8.88. The highest BCUT2D eigenvalue weighted by atomic mass is 15.3. The molecule has 0 bridgehead atoms. The van der Waals surface area contributed by atoms with Crippen molar-refractivity contribution in [3.63, 3.8) is 0 Å². The van der Waals surface area contributed by atoms with Crippen LogP contribution in [0.25, 0.3) is 0 Å². The lowest BCUT2D eigenvalue weighted by Gasteiger charge is -2.24. The van der Waals surface area contributed by atoms with Crippen molar-refractivity contribution in [3.8, 4) is 0 Å². The fraction of sp³-hybridized carbons (Fsp3) is 0.944. The van der Waals surface area contributed by atoms with Crippen LogP contribution in [0.15, 0.2) is 4.99 Å². The zero-order valence-electron chi connectivity index (χ0n) is 15.6. The number of aliphatic imine (C=N–C) groups is 1. The van der Waals surface area contributed by atoms with Crippen molar-refractivity contribution in [2.45, 2.75) is 77.4 Å². The van der Waals surface area contributed by atoms with E-state index in [1.807, 2.05) is 0 Å². The van der Waals surface area contributed by atoms with Gasteiger partial charge in [0.25, 0.3) is 0 Å². The van der Waals surface area contributed by atoms with Crippen molar-refractivity contribution in [3.05, 3.63) is 0 Å². The monoisotopic (exact) mass is 323 g/mol. The van der Waals surface area contributed by atoms with E-state index in [9.17, 15) is 0 Å². The summed E-state index contributed by atoms with van der Waals surface area (Å²) in [5.74, 6) is 0.974. The Kier molecular flexibility index (Phi) is 7.15. The summed E-state index contributed by atoms with van der Waals surface area (Å²) in [4.78, 5) is 7.41. The molecule has 134 valence electrons. The molecule has 1 saturated heterocycles. The maximum Gasteiger partial charge on any atom is 0.191 e. The Morgan fingerprint density at radius 1 is 1.17 bits per heavy atom. The zero-order valence-corrected chi connectivity index (χ0v) is 15.6. The van der Waals surface area contributed by atoms with Gasteiger partial charge < -0.3 is 16.0 Å². The second-order valence-electron chi connectivity index (χ2n) is 8.00. The number of nitrogens with one attached hydrogen (secondary N) is 3. The van der Waals surface area contributed by atoms with E-state index in [1.54, 1.807) is 0 Å². The van der Waals surface area contributed by atoms with Crippen molar-refractivity contribution < 1.29 is 0 Å². The van der Waals surface area contributed by atoms with Crippen LogP contribution in [0, 0.1) is 0 Å². The van der Waals surface area contributed by atoms with E-state index in [4.69, 9.17) is 4.99 Å². The summed E-state index contributed by atoms with van der Waals surface area (Å²) in [7, 11) is 0. The summed E-state index contributed by atoms with van der Waals surface area (Å²) in [6.45, 7) is 13.8. The van der Waals surface area contributed by atoms with Crippen molar-refractivity contribution in [1.29, 1.82) is 0 Å². The molecule has 2 rings (SSSR count). The summed E-state index contributed by atoms with van der Waals surface area (Å²) < 4.78 is 0. The average molecular weight is 324 g/mol. The van der Waals surface area contributed by atoms with Gasteiger partial charge in [-0.25, -0.2) is 0 Å². The Bertz CT molecular complexity index is 368. The minimum Gasteiger partial charge on any atom is -0.357 e. The van der Waals surface area contributed by atoms with Gasteiger partial charge in [0.1, 0.15) is 0 Å². The van der Waals surface area contributed by atoms with Gasteiger partial charge in [-0.2, -0.15) is 0 Å². The van der Waals surface area contributed by atoms with Gasteiger partial charge in [0, 0.05) is 43.8 Å². The highest BCUT2D eigenvalue weighted by Crippen LogP contribution is 2.26. The third kappa shape index (κ3) is 6.68. The van der Waals surface area contributed by atoms with Crippen molar-refractivity contribution in [2.24, 2.45) is 4.99 Å². The molecule has 0 amide bonds. The Morgan fingerprint density at radius 2 is 1.91 bits per heavy atom. The largest absolute Gasteiger partial charge is 0.357 e. The van der Waals surface area contributed by atoms with Gasteiger partial charge in [-0.1, -0.05) is 12.8 Å². The molecular weight excluding hydrogens is 286 g/mol. The normalized spacial score (nSPS) is 24.3. The fourth-order valence-electron chi connectivity index (χ4n) is 3.62. The molecule has 5 heteroatoms. The maximum atomic E-state index is 4.72. The highest BCUT2D eigenvalue weighted by Gasteiger charge is 2.30. The summed E-state index contributed by atoms with van der Waals surface area (Å²) >= 11 is 0. The first-order valence-electron chi connectivity index (χ1n) is 9.52. The van der Waals surface area contributed by atoms with E-state index in [0.29, 0.717) is 6.04 Å². The van der Waals surface area contributed by atoms with Crippen LogP contribution in [0.1, 0.15) is 59.8 Å². The smallest absolute Gasteiger partial charge is 0.191 e. The Hall–Kier alpha value is -0.810. The summed E-state index contributed by atoms with van der Waals surface area (Å²) in [5.41, 5.74) is 0.161. The van der Waals surface area contributed by atoms with Gasteiger partial charge in [0.05, 0.1) is 6.54 Å². The van der Waals surface area contributed by atoms with Crippen LogP contribution >= 0.6 is 0 Å². The van der Waals surface area contributed by atoms with Gasteiger partial charge in [-0.3, -0.25) is 9.89 Å². The number of hydrogen-bond donors (Lipinski definition) is 3. The SMILES string of the molecule is CCNC(=NCCNC(C)(C)C)NC1CCN(C2CCCC2)C1. The van der Waals surface area contributed by atoms with E-state index in [2.05, 4.69) is 48.5 Å². The highest BCUT2D eigenvalue weighted by molar-refractivity contribution is 5.80. The molecule has 1 aliphatic carbocycles. The molecular formula is C18H37N5. The fourth-order valence-corrected chi connectivity index (χ4v) is 3.62. The van der Waals surface area contributed by atoms with Crippen molar-refractivity contribution >= 4 is 5.96 Å². The molecule has 0 radical (unpaired) electrons. The van der Waals surface area contributed by atoms with Crippen LogP contribution in [-0.4, -0.2) is 61.2 Å². The summed E-state index contributed by atoms with van der Waals surface area (Å²) in [6, 6.07) is 1.39. The first-order valence-corrected chi connectivity index (χ1v) is 9.52. The molecule has 2 fully saturated rings. The second-order valence-corrected chi connectivity index (χ2v) is 8.00. The zero-order chi connectivity index (χ0) is 16.7. The summed E-state index contributed by atoms with van der Waals surface area (Å²) in [5, 5.41) is 10.5. The molecule has 0 aromatic heterocycles. The van der Waals surface area contributed by atoms with Gasteiger partial charge in [0.15, 0.2) is 5.96 Å². The third-order valence-electron chi connectivity index (χ3n) is 4.78. The van der Waals surface area contributed by atoms with Gasteiger partial charge >= 0.3 is 0 Å². The molecule has 23 heavy (non-hydrogen) atoms. The average Bonchev–Trinajstić information content (AvgIpc) is 3.13. The number of rotatable bonds is 6. The lowest BCUT2D eigenvalue weighted by atomic mass is 10.1. The summed E-state index contributed by atoms with van der Waals surface area (Å²) in [6.07, 6.45) is 6.88. The van der Waals surface area contributed by atoms with Crippen molar-refractivity contribution in [2.75, 3.05) is 32.7 Å². The van der Waals surface area contributed by atoms with Crippen LogP contribution in [0.2, 0.25) is 0 Å². The quantitative estimate of drug-likeness (QED) is 0.397. The van der Waals surface area contributed by atoms with Crippen LogP contribution in [-0.2, 0) is 0 Å². The molecule has 0 spiro atoms. The van der Waals surface area contributed by atoms with Crippen molar-refractivity contribution in [1.82, 2.24) is 20.9 Å². The molecule has 5 nitrogen and oxygen atoms in total. The molecule has 1 atom stereocenters. The predicted octanol–water partition coefficient (Wildman–Crippen LogP) is 1.95. The minimum absolute atomic E-state index is 0.161. The van der Waals surface area contributed by atoms with E-state index in [1.165, 1.54) is 45.2 Å². The molecule has 1 heterocycles. The molecule has 0 aromatic carbocycles. The molecule has 1 saturated carbocycles. The molecule has 3 N–H and O–H groups in total. The minimum atomic E-state index is 0.161. The molecule has 1 aliphatic heterocycles. The van der Waals surface area contributed by atoms with Crippen LogP contribution in [0.4, 0.5) is 0 Å². The number of hydrogen-bond acceptors (Lipinski definition) is 3. The molecule has 2 aliphatic rings. The molecule has 1 unspecified atom stereocenters. The standard InChI is InChI=1S/C18H37N5/c1-5-19-17(20-11-12-21-18(2,3)4)22-15-10-13-23(14-15)16-8-6-7-9-16/h15-16,21H,5-14H2,1-4H3,(H2,19,20,22). The Labute approximate surface area is 142 Å².